The van der Waals surface area contributed by atoms with Crippen LogP contribution in [0.15, 0.2) is 58.0 Å². The second-order valence-corrected chi connectivity index (χ2v) is 6.65. The average molecular weight is 307 g/mol. The molecule has 0 spiro atoms. The van der Waals surface area contributed by atoms with Crippen molar-refractivity contribution in [2.75, 3.05) is 6.54 Å². The zero-order valence-electron chi connectivity index (χ0n) is 11.7. The highest BCUT2D eigenvalue weighted by Gasteiger charge is 2.31. The van der Waals surface area contributed by atoms with Gasteiger partial charge < -0.3 is 9.73 Å². The van der Waals surface area contributed by atoms with Gasteiger partial charge in [0.05, 0.1) is 11.2 Å². The molecule has 0 saturated carbocycles. The molecule has 1 aromatic carbocycles. The lowest BCUT2D eigenvalue weighted by molar-refractivity contribution is -0.120. The smallest absolute Gasteiger partial charge is 0.219 e. The maximum absolute atomic E-state index is 12.7. The Balaban J connectivity index is 2.33. The third-order valence-corrected chi connectivity index (χ3v) is 5.19. The molecule has 0 aliphatic heterocycles. The summed E-state index contributed by atoms with van der Waals surface area (Å²) in [6.45, 7) is 1.69. The molecule has 0 fully saturated rings. The van der Waals surface area contributed by atoms with Gasteiger partial charge in [-0.05, 0) is 24.3 Å². The summed E-state index contributed by atoms with van der Waals surface area (Å²) in [6.07, 6.45) is 1.72. The Labute approximate surface area is 123 Å². The van der Waals surface area contributed by atoms with Crippen molar-refractivity contribution in [1.29, 1.82) is 0 Å². The van der Waals surface area contributed by atoms with Crippen molar-refractivity contribution in [1.82, 2.24) is 5.32 Å². The molecule has 0 bridgehead atoms. The van der Waals surface area contributed by atoms with E-state index in [1.54, 1.807) is 37.3 Å². The quantitative estimate of drug-likeness (QED) is 0.888. The van der Waals surface area contributed by atoms with E-state index >= 15 is 0 Å². The van der Waals surface area contributed by atoms with Gasteiger partial charge in [0.2, 0.25) is 5.91 Å². The van der Waals surface area contributed by atoms with Crippen molar-refractivity contribution in [3.05, 3.63) is 54.5 Å². The molecule has 0 radical (unpaired) electrons. The second kappa shape index (κ2) is 6.58. The van der Waals surface area contributed by atoms with Gasteiger partial charge in [0.1, 0.15) is 11.0 Å². The lowest BCUT2D eigenvalue weighted by Gasteiger charge is -2.16. The summed E-state index contributed by atoms with van der Waals surface area (Å²) in [6, 6.07) is 11.4. The van der Waals surface area contributed by atoms with Crippen LogP contribution in [0.2, 0.25) is 0 Å². The number of rotatable bonds is 6. The third kappa shape index (κ3) is 3.52. The Morgan fingerprint density at radius 3 is 2.48 bits per heavy atom. The van der Waals surface area contributed by atoms with Gasteiger partial charge in [0, 0.05) is 13.0 Å². The molecular formula is C15H17NO4S. The number of benzene rings is 1. The third-order valence-electron chi connectivity index (χ3n) is 3.11. The highest BCUT2D eigenvalue weighted by molar-refractivity contribution is 7.91. The minimum Gasteiger partial charge on any atom is -0.468 e. The van der Waals surface area contributed by atoms with Gasteiger partial charge in [0.25, 0.3) is 0 Å². The maximum atomic E-state index is 12.7. The fraction of sp³-hybridized carbons (Fsp3) is 0.267. The molecular weight excluding hydrogens is 290 g/mol. The first-order valence-corrected chi connectivity index (χ1v) is 8.19. The van der Waals surface area contributed by atoms with Gasteiger partial charge in [-0.3, -0.25) is 4.79 Å². The number of hydrogen-bond donors (Lipinski definition) is 1. The molecule has 112 valence electrons. The molecule has 0 saturated heterocycles. The van der Waals surface area contributed by atoms with Crippen LogP contribution in [0.3, 0.4) is 0 Å². The SMILES string of the molecule is CCC(=O)NC[C@H](c1ccco1)S(=O)(=O)c1ccccc1. The minimum absolute atomic E-state index is 0.0165. The van der Waals surface area contributed by atoms with Gasteiger partial charge in [-0.1, -0.05) is 25.1 Å². The second-order valence-electron chi connectivity index (χ2n) is 4.52. The van der Waals surface area contributed by atoms with E-state index in [9.17, 15) is 13.2 Å². The number of hydrogen-bond acceptors (Lipinski definition) is 4. The number of furan rings is 1. The Kier molecular flexibility index (Phi) is 4.80. The maximum Gasteiger partial charge on any atom is 0.219 e. The van der Waals surface area contributed by atoms with Crippen LogP contribution in [-0.4, -0.2) is 20.9 Å². The van der Waals surface area contributed by atoms with Crippen molar-refractivity contribution in [3.63, 3.8) is 0 Å². The number of amides is 1. The van der Waals surface area contributed by atoms with Crippen LogP contribution in [0, 0.1) is 0 Å². The van der Waals surface area contributed by atoms with E-state index < -0.39 is 15.1 Å². The first kappa shape index (κ1) is 15.3. The lowest BCUT2D eigenvalue weighted by Crippen LogP contribution is -2.31. The zero-order chi connectivity index (χ0) is 15.3. The van der Waals surface area contributed by atoms with E-state index in [-0.39, 0.29) is 17.3 Å². The molecule has 1 atom stereocenters. The van der Waals surface area contributed by atoms with Crippen molar-refractivity contribution in [2.24, 2.45) is 0 Å². The van der Waals surface area contributed by atoms with E-state index in [1.165, 1.54) is 18.4 Å². The largest absolute Gasteiger partial charge is 0.468 e. The van der Waals surface area contributed by atoms with Crippen LogP contribution in [0.4, 0.5) is 0 Å². The minimum atomic E-state index is -3.64. The number of sulfone groups is 1. The van der Waals surface area contributed by atoms with E-state index in [0.717, 1.165) is 0 Å². The molecule has 2 aromatic rings. The molecule has 1 N–H and O–H groups in total. The summed E-state index contributed by atoms with van der Waals surface area (Å²) in [5, 5.41) is 1.68. The van der Waals surface area contributed by atoms with Crippen LogP contribution < -0.4 is 5.32 Å². The van der Waals surface area contributed by atoms with E-state index in [0.29, 0.717) is 12.2 Å². The molecule has 2 rings (SSSR count). The van der Waals surface area contributed by atoms with Crippen molar-refractivity contribution in [2.45, 2.75) is 23.5 Å². The van der Waals surface area contributed by atoms with E-state index in [2.05, 4.69) is 5.32 Å². The van der Waals surface area contributed by atoms with Crippen LogP contribution in [-0.2, 0) is 14.6 Å². The fourth-order valence-corrected chi connectivity index (χ4v) is 3.55. The molecule has 1 heterocycles. The number of nitrogens with one attached hydrogen (secondary N) is 1. The topological polar surface area (TPSA) is 76.4 Å². The van der Waals surface area contributed by atoms with E-state index in [1.807, 2.05) is 0 Å². The standard InChI is InChI=1S/C15H17NO4S/c1-2-15(17)16-11-14(13-9-6-10-20-13)21(18,19)12-7-4-3-5-8-12/h3-10,14H,2,11H2,1H3,(H,16,17)/t14-/m1/s1. The molecule has 5 nitrogen and oxygen atoms in total. The van der Waals surface area contributed by atoms with Crippen LogP contribution in [0.5, 0.6) is 0 Å². The summed E-state index contributed by atoms with van der Waals surface area (Å²) < 4.78 is 30.7. The summed E-state index contributed by atoms with van der Waals surface area (Å²) >= 11 is 0. The van der Waals surface area contributed by atoms with Gasteiger partial charge in [-0.2, -0.15) is 0 Å². The Morgan fingerprint density at radius 2 is 1.90 bits per heavy atom. The lowest BCUT2D eigenvalue weighted by atomic mass is 10.3. The Bertz CT molecular complexity index is 678. The molecule has 1 amide bonds. The fourth-order valence-electron chi connectivity index (χ4n) is 1.94. The summed E-state index contributed by atoms with van der Waals surface area (Å²) in [4.78, 5) is 11.6. The first-order chi connectivity index (χ1) is 10.1. The summed E-state index contributed by atoms with van der Waals surface area (Å²) in [7, 11) is -3.64. The van der Waals surface area contributed by atoms with Gasteiger partial charge in [0.15, 0.2) is 9.84 Å². The van der Waals surface area contributed by atoms with Crippen molar-refractivity contribution >= 4 is 15.7 Å². The number of carbonyl (C=O) groups is 1. The van der Waals surface area contributed by atoms with Crippen LogP contribution >= 0.6 is 0 Å². The molecule has 0 aliphatic rings. The normalized spacial score (nSPS) is 12.8. The molecule has 0 unspecified atom stereocenters. The predicted octanol–water partition coefficient (Wildman–Crippen LogP) is 2.32. The molecule has 21 heavy (non-hydrogen) atoms. The van der Waals surface area contributed by atoms with E-state index in [4.69, 9.17) is 4.42 Å². The van der Waals surface area contributed by atoms with Crippen LogP contribution in [0.25, 0.3) is 0 Å². The van der Waals surface area contributed by atoms with Crippen LogP contribution in [0.1, 0.15) is 24.4 Å². The Morgan fingerprint density at radius 1 is 1.19 bits per heavy atom. The molecule has 6 heteroatoms. The van der Waals surface area contributed by atoms with Gasteiger partial charge >= 0.3 is 0 Å². The summed E-state index contributed by atoms with van der Waals surface area (Å²) in [5.41, 5.74) is 0. The first-order valence-electron chi connectivity index (χ1n) is 6.64. The Hall–Kier alpha value is -2.08. The molecule has 0 aliphatic carbocycles. The van der Waals surface area contributed by atoms with Crippen molar-refractivity contribution in [3.8, 4) is 0 Å². The average Bonchev–Trinajstić information content (AvgIpc) is 3.02. The zero-order valence-corrected chi connectivity index (χ0v) is 12.5. The molecule has 1 aromatic heterocycles. The van der Waals surface area contributed by atoms with Gasteiger partial charge in [-0.15, -0.1) is 0 Å². The summed E-state index contributed by atoms with van der Waals surface area (Å²) in [5.74, 6) is 0.116. The highest BCUT2D eigenvalue weighted by atomic mass is 32.2. The highest BCUT2D eigenvalue weighted by Crippen LogP contribution is 2.28. The van der Waals surface area contributed by atoms with Gasteiger partial charge in [-0.25, -0.2) is 8.42 Å². The van der Waals surface area contributed by atoms with Crippen molar-refractivity contribution < 1.29 is 17.6 Å². The number of carbonyl (C=O) groups excluding carboxylic acids is 1. The predicted molar refractivity (Wildman–Crippen MR) is 78.4 cm³/mol. The monoisotopic (exact) mass is 307 g/mol.